The van der Waals surface area contributed by atoms with E-state index in [0.717, 1.165) is 11.3 Å². The average Bonchev–Trinajstić information content (AvgIpc) is 2.93. The van der Waals surface area contributed by atoms with Gasteiger partial charge >= 0.3 is 0 Å². The van der Waals surface area contributed by atoms with Gasteiger partial charge in [0.2, 0.25) is 0 Å². The molecule has 3 rings (SSSR count). The molecule has 0 unspecified atom stereocenters. The van der Waals surface area contributed by atoms with Gasteiger partial charge in [0.05, 0.1) is 0 Å². The van der Waals surface area contributed by atoms with E-state index < -0.39 is 0 Å². The van der Waals surface area contributed by atoms with Gasteiger partial charge in [0, 0.05) is 6.04 Å². The Labute approximate surface area is 120 Å². The number of benzene rings is 2. The predicted octanol–water partition coefficient (Wildman–Crippen LogP) is 3.77. The van der Waals surface area contributed by atoms with Crippen LogP contribution in [0.2, 0.25) is 0 Å². The zero-order valence-electron chi connectivity index (χ0n) is 11.9. The van der Waals surface area contributed by atoms with Crippen LogP contribution in [-0.4, -0.2) is 0 Å². The fourth-order valence-corrected chi connectivity index (χ4v) is 2.75. The number of fused-ring (bicyclic) bond motifs is 1. The number of hydrogen-bond acceptors (Lipinski definition) is 2. The van der Waals surface area contributed by atoms with Crippen LogP contribution >= 0.6 is 0 Å². The average molecular weight is 267 g/mol. The van der Waals surface area contributed by atoms with Crippen LogP contribution in [0.1, 0.15) is 41.6 Å². The van der Waals surface area contributed by atoms with Crippen molar-refractivity contribution in [3.05, 3.63) is 64.7 Å². The van der Waals surface area contributed by atoms with E-state index in [4.69, 9.17) is 10.5 Å². The molecule has 2 aromatic carbocycles. The number of ether oxygens (including phenoxy) is 1. The molecule has 20 heavy (non-hydrogen) atoms. The van der Waals surface area contributed by atoms with Gasteiger partial charge in [-0.15, -0.1) is 0 Å². The first-order valence-corrected chi connectivity index (χ1v) is 7.31. The zero-order chi connectivity index (χ0) is 13.9. The van der Waals surface area contributed by atoms with E-state index in [1.807, 2.05) is 31.2 Å². The van der Waals surface area contributed by atoms with Crippen LogP contribution in [0.5, 0.6) is 5.75 Å². The molecule has 2 N–H and O–H groups in total. The first-order chi connectivity index (χ1) is 9.72. The predicted molar refractivity (Wildman–Crippen MR) is 81.8 cm³/mol. The van der Waals surface area contributed by atoms with Gasteiger partial charge in [-0.1, -0.05) is 30.3 Å². The van der Waals surface area contributed by atoms with E-state index in [9.17, 15) is 0 Å². The van der Waals surface area contributed by atoms with Gasteiger partial charge in [-0.3, -0.25) is 0 Å². The Bertz CT molecular complexity index is 587. The van der Waals surface area contributed by atoms with E-state index >= 15 is 0 Å². The fourth-order valence-electron chi connectivity index (χ4n) is 2.75. The molecule has 1 aliphatic rings. The third kappa shape index (κ3) is 2.86. The quantitative estimate of drug-likeness (QED) is 0.915. The Kier molecular flexibility index (Phi) is 3.75. The number of hydrogen-bond donors (Lipinski definition) is 1. The van der Waals surface area contributed by atoms with E-state index in [1.54, 1.807) is 0 Å². The molecule has 0 heterocycles. The third-order valence-electron chi connectivity index (χ3n) is 3.97. The monoisotopic (exact) mass is 267 g/mol. The molecule has 0 aromatic heterocycles. The lowest BCUT2D eigenvalue weighted by molar-refractivity contribution is 0.306. The highest BCUT2D eigenvalue weighted by Crippen LogP contribution is 2.24. The molecule has 0 bridgehead atoms. The van der Waals surface area contributed by atoms with E-state index in [2.05, 4.69) is 18.2 Å². The van der Waals surface area contributed by atoms with Crippen molar-refractivity contribution in [2.24, 2.45) is 5.73 Å². The maximum atomic E-state index is 5.85. The first kappa shape index (κ1) is 13.2. The van der Waals surface area contributed by atoms with Crippen LogP contribution in [0.15, 0.2) is 42.5 Å². The Hall–Kier alpha value is -1.80. The molecular weight excluding hydrogens is 246 g/mol. The van der Waals surface area contributed by atoms with Crippen molar-refractivity contribution in [3.63, 3.8) is 0 Å². The summed E-state index contributed by atoms with van der Waals surface area (Å²) in [5.41, 5.74) is 11.2. The van der Waals surface area contributed by atoms with Gasteiger partial charge in [0.25, 0.3) is 0 Å². The lowest BCUT2D eigenvalue weighted by Crippen LogP contribution is -2.04. The summed E-state index contributed by atoms with van der Waals surface area (Å²) in [6, 6.07) is 14.8. The number of aryl methyl sites for hydroxylation is 2. The Morgan fingerprint density at radius 1 is 1.05 bits per heavy atom. The molecule has 104 valence electrons. The van der Waals surface area contributed by atoms with E-state index in [-0.39, 0.29) is 6.04 Å². The highest BCUT2D eigenvalue weighted by molar-refractivity contribution is 5.35. The summed E-state index contributed by atoms with van der Waals surface area (Å²) in [4.78, 5) is 0. The number of rotatable bonds is 4. The summed E-state index contributed by atoms with van der Waals surface area (Å²) in [5.74, 6) is 0.898. The van der Waals surface area contributed by atoms with Crippen LogP contribution in [0.4, 0.5) is 0 Å². The van der Waals surface area contributed by atoms with Gasteiger partial charge in [-0.05, 0) is 60.6 Å². The molecule has 2 nitrogen and oxygen atoms in total. The van der Waals surface area contributed by atoms with Crippen molar-refractivity contribution < 1.29 is 4.74 Å². The van der Waals surface area contributed by atoms with Crippen LogP contribution in [0.3, 0.4) is 0 Å². The van der Waals surface area contributed by atoms with Gasteiger partial charge in [-0.25, -0.2) is 0 Å². The highest BCUT2D eigenvalue weighted by Gasteiger charge is 2.10. The maximum Gasteiger partial charge on any atom is 0.119 e. The molecule has 0 saturated carbocycles. The summed E-state index contributed by atoms with van der Waals surface area (Å²) in [6.07, 6.45) is 3.74. The van der Waals surface area contributed by atoms with E-state index in [1.165, 1.54) is 36.0 Å². The van der Waals surface area contributed by atoms with Crippen LogP contribution in [0.25, 0.3) is 0 Å². The molecule has 0 fully saturated rings. The standard InChI is InChI=1S/C18H21NO/c1-13(19)15-7-9-18(10-8-15)20-12-14-5-6-16-3-2-4-17(16)11-14/h5-11,13H,2-4,12,19H2,1H3/t13-/m1/s1. The van der Waals surface area contributed by atoms with Crippen molar-refractivity contribution in [3.8, 4) is 5.75 Å². The minimum Gasteiger partial charge on any atom is -0.489 e. The third-order valence-corrected chi connectivity index (χ3v) is 3.97. The van der Waals surface area contributed by atoms with Crippen molar-refractivity contribution in [1.29, 1.82) is 0 Å². The minimum atomic E-state index is 0.0701. The largest absolute Gasteiger partial charge is 0.489 e. The van der Waals surface area contributed by atoms with Crippen LogP contribution in [0, 0.1) is 0 Å². The van der Waals surface area contributed by atoms with Crippen molar-refractivity contribution >= 4 is 0 Å². The normalized spacial score (nSPS) is 14.9. The lowest BCUT2D eigenvalue weighted by atomic mass is 10.1. The topological polar surface area (TPSA) is 35.2 Å². The van der Waals surface area contributed by atoms with Crippen molar-refractivity contribution in [1.82, 2.24) is 0 Å². The minimum absolute atomic E-state index is 0.0701. The molecule has 0 spiro atoms. The highest BCUT2D eigenvalue weighted by atomic mass is 16.5. The molecule has 1 aliphatic carbocycles. The summed E-state index contributed by atoms with van der Waals surface area (Å²) in [6.45, 7) is 2.62. The second-order valence-electron chi connectivity index (χ2n) is 5.60. The fraction of sp³-hybridized carbons (Fsp3) is 0.333. The molecular formula is C18H21NO. The Morgan fingerprint density at radius 3 is 2.55 bits per heavy atom. The van der Waals surface area contributed by atoms with Crippen LogP contribution < -0.4 is 10.5 Å². The van der Waals surface area contributed by atoms with Crippen molar-refractivity contribution in [2.75, 3.05) is 0 Å². The second-order valence-corrected chi connectivity index (χ2v) is 5.60. The molecule has 1 atom stereocenters. The second kappa shape index (κ2) is 5.68. The summed E-state index contributed by atoms with van der Waals surface area (Å²) < 4.78 is 5.85. The van der Waals surface area contributed by atoms with Gasteiger partial charge in [-0.2, -0.15) is 0 Å². The Morgan fingerprint density at radius 2 is 1.80 bits per heavy atom. The van der Waals surface area contributed by atoms with E-state index in [0.29, 0.717) is 6.61 Å². The molecule has 0 saturated heterocycles. The van der Waals surface area contributed by atoms with Crippen LogP contribution in [-0.2, 0) is 19.4 Å². The molecule has 0 radical (unpaired) electrons. The first-order valence-electron chi connectivity index (χ1n) is 7.31. The summed E-state index contributed by atoms with van der Waals surface area (Å²) in [7, 11) is 0. The summed E-state index contributed by atoms with van der Waals surface area (Å²) in [5, 5.41) is 0. The number of nitrogens with two attached hydrogens (primary N) is 1. The smallest absolute Gasteiger partial charge is 0.119 e. The molecule has 2 heteroatoms. The molecule has 0 aliphatic heterocycles. The summed E-state index contributed by atoms with van der Waals surface area (Å²) >= 11 is 0. The lowest BCUT2D eigenvalue weighted by Gasteiger charge is -2.10. The van der Waals surface area contributed by atoms with Crippen molar-refractivity contribution in [2.45, 2.75) is 38.8 Å². The molecule has 2 aromatic rings. The zero-order valence-corrected chi connectivity index (χ0v) is 11.9. The maximum absolute atomic E-state index is 5.85. The van der Waals surface area contributed by atoms with Gasteiger partial charge in [0.15, 0.2) is 0 Å². The van der Waals surface area contributed by atoms with Gasteiger partial charge in [0.1, 0.15) is 12.4 Å². The Balaban J connectivity index is 1.64. The SMILES string of the molecule is C[C@@H](N)c1ccc(OCc2ccc3c(c2)CCC3)cc1. The van der Waals surface area contributed by atoms with Gasteiger partial charge < -0.3 is 10.5 Å². The molecule has 0 amide bonds.